The van der Waals surface area contributed by atoms with Gasteiger partial charge in [0.15, 0.2) is 0 Å². The maximum absolute atomic E-state index is 11.5. The van der Waals surface area contributed by atoms with E-state index in [1.165, 1.54) is 7.11 Å². The van der Waals surface area contributed by atoms with Gasteiger partial charge in [0.25, 0.3) is 0 Å². The van der Waals surface area contributed by atoms with Crippen molar-refractivity contribution in [1.29, 1.82) is 0 Å². The van der Waals surface area contributed by atoms with Gasteiger partial charge in [0.2, 0.25) is 0 Å². The SMILES string of the molecule is COC(=O)c1ccc(Cl)c(NCc2c(C)n[nH]c2C)c1. The molecule has 1 aromatic carbocycles. The Labute approximate surface area is 122 Å². The molecule has 0 saturated carbocycles. The van der Waals surface area contributed by atoms with Gasteiger partial charge in [-0.3, -0.25) is 5.10 Å². The Morgan fingerprint density at radius 2 is 2.20 bits per heavy atom. The number of carbonyl (C=O) groups is 1. The van der Waals surface area contributed by atoms with Crippen LogP contribution < -0.4 is 5.32 Å². The summed E-state index contributed by atoms with van der Waals surface area (Å²) in [7, 11) is 1.35. The average Bonchev–Trinajstić information content (AvgIpc) is 2.76. The summed E-state index contributed by atoms with van der Waals surface area (Å²) in [6, 6.07) is 4.98. The van der Waals surface area contributed by atoms with Crippen LogP contribution in [-0.4, -0.2) is 23.3 Å². The number of benzene rings is 1. The summed E-state index contributed by atoms with van der Waals surface area (Å²) in [5.41, 5.74) is 4.18. The van der Waals surface area contributed by atoms with Crippen LogP contribution in [0.25, 0.3) is 0 Å². The molecule has 0 aliphatic carbocycles. The van der Waals surface area contributed by atoms with Crippen LogP contribution in [0, 0.1) is 13.8 Å². The van der Waals surface area contributed by atoms with Gasteiger partial charge in [0, 0.05) is 17.8 Å². The zero-order valence-corrected chi connectivity index (χ0v) is 12.3. The lowest BCUT2D eigenvalue weighted by Crippen LogP contribution is -2.05. The number of ether oxygens (including phenoxy) is 1. The number of halogens is 1. The Morgan fingerprint density at radius 1 is 1.45 bits per heavy atom. The van der Waals surface area contributed by atoms with Crippen LogP contribution in [0.5, 0.6) is 0 Å². The Balaban J connectivity index is 2.19. The van der Waals surface area contributed by atoms with Gasteiger partial charge in [-0.15, -0.1) is 0 Å². The van der Waals surface area contributed by atoms with E-state index in [1.54, 1.807) is 18.2 Å². The smallest absolute Gasteiger partial charge is 0.337 e. The van der Waals surface area contributed by atoms with Crippen molar-refractivity contribution in [3.8, 4) is 0 Å². The average molecular weight is 294 g/mol. The van der Waals surface area contributed by atoms with Gasteiger partial charge in [-0.1, -0.05) is 11.6 Å². The number of aromatic nitrogens is 2. The number of nitrogens with zero attached hydrogens (tertiary/aromatic N) is 1. The molecule has 0 bridgehead atoms. The number of esters is 1. The van der Waals surface area contributed by atoms with Gasteiger partial charge < -0.3 is 10.1 Å². The Morgan fingerprint density at radius 3 is 2.80 bits per heavy atom. The topological polar surface area (TPSA) is 67.0 Å². The molecule has 0 amide bonds. The highest BCUT2D eigenvalue weighted by atomic mass is 35.5. The first-order valence-corrected chi connectivity index (χ1v) is 6.53. The molecule has 0 aliphatic rings. The minimum atomic E-state index is -0.389. The molecule has 0 aliphatic heterocycles. The molecule has 6 heteroatoms. The Bertz CT molecular complexity index is 618. The van der Waals surface area contributed by atoms with Crippen molar-refractivity contribution in [3.63, 3.8) is 0 Å². The molecule has 106 valence electrons. The van der Waals surface area contributed by atoms with Gasteiger partial charge in [-0.25, -0.2) is 4.79 Å². The van der Waals surface area contributed by atoms with Gasteiger partial charge in [-0.05, 0) is 32.0 Å². The fourth-order valence-electron chi connectivity index (χ4n) is 1.92. The molecule has 0 unspecified atom stereocenters. The highest BCUT2D eigenvalue weighted by Gasteiger charge is 2.10. The summed E-state index contributed by atoms with van der Waals surface area (Å²) >= 11 is 6.13. The second-order valence-electron chi connectivity index (χ2n) is 4.45. The maximum Gasteiger partial charge on any atom is 0.337 e. The number of methoxy groups -OCH3 is 1. The molecule has 0 fully saturated rings. The molecule has 0 saturated heterocycles. The van der Waals surface area contributed by atoms with Gasteiger partial charge >= 0.3 is 5.97 Å². The van der Waals surface area contributed by atoms with E-state index in [9.17, 15) is 4.79 Å². The zero-order valence-electron chi connectivity index (χ0n) is 11.6. The summed E-state index contributed by atoms with van der Waals surface area (Å²) in [5.74, 6) is -0.389. The molecule has 2 N–H and O–H groups in total. The van der Waals surface area contributed by atoms with Crippen LogP contribution in [0.1, 0.15) is 27.3 Å². The van der Waals surface area contributed by atoms with E-state index in [2.05, 4.69) is 15.5 Å². The summed E-state index contributed by atoms with van der Waals surface area (Å²) in [5, 5.41) is 10.8. The fraction of sp³-hybridized carbons (Fsp3) is 0.286. The number of hydrogen-bond acceptors (Lipinski definition) is 4. The van der Waals surface area contributed by atoms with Crippen molar-refractivity contribution < 1.29 is 9.53 Å². The predicted molar refractivity (Wildman–Crippen MR) is 78.2 cm³/mol. The minimum absolute atomic E-state index is 0.389. The number of aryl methyl sites for hydroxylation is 2. The molecule has 1 heterocycles. The van der Waals surface area contributed by atoms with Crippen molar-refractivity contribution in [1.82, 2.24) is 10.2 Å². The van der Waals surface area contributed by atoms with E-state index in [1.807, 2.05) is 13.8 Å². The number of nitrogens with one attached hydrogen (secondary N) is 2. The fourth-order valence-corrected chi connectivity index (χ4v) is 2.11. The quantitative estimate of drug-likeness (QED) is 0.850. The molecular formula is C14H16ClN3O2. The normalized spacial score (nSPS) is 10.4. The number of anilines is 1. The van der Waals surface area contributed by atoms with Crippen LogP contribution >= 0.6 is 11.6 Å². The van der Waals surface area contributed by atoms with E-state index in [-0.39, 0.29) is 5.97 Å². The van der Waals surface area contributed by atoms with E-state index in [0.717, 1.165) is 17.0 Å². The van der Waals surface area contributed by atoms with E-state index < -0.39 is 0 Å². The first-order valence-electron chi connectivity index (χ1n) is 6.15. The summed E-state index contributed by atoms with van der Waals surface area (Å²) in [6.45, 7) is 4.48. The second kappa shape index (κ2) is 5.96. The highest BCUT2D eigenvalue weighted by molar-refractivity contribution is 6.33. The van der Waals surface area contributed by atoms with E-state index in [0.29, 0.717) is 22.8 Å². The molecule has 2 rings (SSSR count). The number of hydrogen-bond donors (Lipinski definition) is 2. The molecule has 1 aromatic heterocycles. The van der Waals surface area contributed by atoms with Crippen LogP contribution in [0.4, 0.5) is 5.69 Å². The first-order chi connectivity index (χ1) is 9.52. The van der Waals surface area contributed by atoms with Crippen molar-refractivity contribution in [2.24, 2.45) is 0 Å². The lowest BCUT2D eigenvalue weighted by Gasteiger charge is -2.10. The molecule has 0 atom stereocenters. The van der Waals surface area contributed by atoms with Crippen molar-refractivity contribution >= 4 is 23.3 Å². The monoisotopic (exact) mass is 293 g/mol. The molecule has 5 nitrogen and oxygen atoms in total. The van der Waals surface area contributed by atoms with E-state index >= 15 is 0 Å². The molecule has 20 heavy (non-hydrogen) atoms. The van der Waals surface area contributed by atoms with Crippen LogP contribution in [0.2, 0.25) is 5.02 Å². The second-order valence-corrected chi connectivity index (χ2v) is 4.86. The molecule has 2 aromatic rings. The number of aromatic amines is 1. The lowest BCUT2D eigenvalue weighted by atomic mass is 10.1. The number of carbonyl (C=O) groups excluding carboxylic acids is 1. The standard InChI is InChI=1S/C14H16ClN3O2/c1-8-11(9(2)18-17-8)7-16-13-6-10(14(19)20-3)4-5-12(13)15/h4-6,16H,7H2,1-3H3,(H,17,18). The highest BCUT2D eigenvalue weighted by Crippen LogP contribution is 2.24. The summed E-state index contributed by atoms with van der Waals surface area (Å²) in [4.78, 5) is 11.5. The molecular weight excluding hydrogens is 278 g/mol. The molecule has 0 radical (unpaired) electrons. The Hall–Kier alpha value is -2.01. The third-order valence-electron chi connectivity index (χ3n) is 3.12. The van der Waals surface area contributed by atoms with Gasteiger partial charge in [0.05, 0.1) is 29.1 Å². The first kappa shape index (κ1) is 14.4. The minimum Gasteiger partial charge on any atom is -0.465 e. The summed E-state index contributed by atoms with van der Waals surface area (Å²) < 4.78 is 4.69. The van der Waals surface area contributed by atoms with Crippen molar-refractivity contribution in [2.45, 2.75) is 20.4 Å². The van der Waals surface area contributed by atoms with Gasteiger partial charge in [-0.2, -0.15) is 5.10 Å². The van der Waals surface area contributed by atoms with E-state index in [4.69, 9.17) is 16.3 Å². The maximum atomic E-state index is 11.5. The zero-order chi connectivity index (χ0) is 14.7. The molecule has 0 spiro atoms. The largest absolute Gasteiger partial charge is 0.465 e. The van der Waals surface area contributed by atoms with Crippen molar-refractivity contribution in [3.05, 3.63) is 45.7 Å². The lowest BCUT2D eigenvalue weighted by molar-refractivity contribution is 0.0601. The van der Waals surface area contributed by atoms with Crippen molar-refractivity contribution in [2.75, 3.05) is 12.4 Å². The Kier molecular flexibility index (Phi) is 4.29. The van der Waals surface area contributed by atoms with Crippen LogP contribution in [0.3, 0.4) is 0 Å². The summed E-state index contributed by atoms with van der Waals surface area (Å²) in [6.07, 6.45) is 0. The third kappa shape index (κ3) is 2.93. The van der Waals surface area contributed by atoms with Gasteiger partial charge in [0.1, 0.15) is 0 Å². The predicted octanol–water partition coefficient (Wildman–Crippen LogP) is 3.08. The van der Waals surface area contributed by atoms with Crippen LogP contribution in [0.15, 0.2) is 18.2 Å². The third-order valence-corrected chi connectivity index (χ3v) is 3.45. The number of rotatable bonds is 4. The van der Waals surface area contributed by atoms with Crippen LogP contribution in [-0.2, 0) is 11.3 Å². The number of H-pyrrole nitrogens is 1.